The van der Waals surface area contributed by atoms with Crippen LogP contribution in [0.5, 0.6) is 0 Å². The Morgan fingerprint density at radius 1 is 1.17 bits per heavy atom. The smallest absolute Gasteiger partial charge is 0.166 e. The van der Waals surface area contributed by atoms with Gasteiger partial charge in [0, 0.05) is 0 Å². The number of rotatable bonds is 1. The topological polar surface area (TPSA) is 0 Å². The van der Waals surface area contributed by atoms with Crippen LogP contribution in [-0.4, -0.2) is 0 Å². The van der Waals surface area contributed by atoms with Crippen LogP contribution in [0, 0.1) is 6.58 Å². The first kappa shape index (κ1) is 8.84. The Labute approximate surface area is 68.3 Å². The van der Waals surface area contributed by atoms with Gasteiger partial charge in [-0.25, -0.2) is 0 Å². The van der Waals surface area contributed by atoms with Crippen LogP contribution in [0.3, 0.4) is 0 Å². The van der Waals surface area contributed by atoms with E-state index in [-0.39, 0.29) is 5.56 Å². The maximum Gasteiger partial charge on any atom is 0.416 e. The number of hydrogen-bond acceptors (Lipinski definition) is 0. The summed E-state index contributed by atoms with van der Waals surface area (Å²) in [5.74, 6) is 0. The number of halogens is 3. The van der Waals surface area contributed by atoms with Gasteiger partial charge in [-0.15, -0.1) is 0 Å². The zero-order valence-electron chi connectivity index (χ0n) is 6.10. The summed E-state index contributed by atoms with van der Waals surface area (Å²) < 4.78 is 36.5. The van der Waals surface area contributed by atoms with Crippen molar-refractivity contribution in [2.24, 2.45) is 0 Å². The largest absolute Gasteiger partial charge is 0.416 e. The summed E-state index contributed by atoms with van der Waals surface area (Å²) in [7, 11) is 0. The lowest BCUT2D eigenvalue weighted by Crippen LogP contribution is -2.06. The second kappa shape index (κ2) is 3.01. The van der Waals surface area contributed by atoms with Crippen LogP contribution >= 0.6 is 0 Å². The molecule has 3 heteroatoms. The predicted molar refractivity (Wildman–Crippen MR) is 40.2 cm³/mol. The second-order valence-electron chi connectivity index (χ2n) is 2.25. The van der Waals surface area contributed by atoms with Crippen molar-refractivity contribution < 1.29 is 13.2 Å². The molecule has 0 saturated heterocycles. The molecule has 1 radical (unpaired) electrons. The van der Waals surface area contributed by atoms with Gasteiger partial charge in [-0.1, -0.05) is 30.9 Å². The highest BCUT2D eigenvalue weighted by molar-refractivity contribution is 5.51. The van der Waals surface area contributed by atoms with Crippen LogP contribution < -0.4 is 0 Å². The van der Waals surface area contributed by atoms with E-state index in [1.165, 1.54) is 18.2 Å². The van der Waals surface area contributed by atoms with Gasteiger partial charge >= 0.3 is 6.18 Å². The quantitative estimate of drug-likeness (QED) is 0.608. The molecule has 0 nitrogen and oxygen atoms in total. The van der Waals surface area contributed by atoms with Crippen LogP contribution in [0.15, 0.2) is 24.3 Å². The van der Waals surface area contributed by atoms with Gasteiger partial charge in [0.05, 0.1) is 5.56 Å². The molecule has 12 heavy (non-hydrogen) atoms. The van der Waals surface area contributed by atoms with Crippen molar-refractivity contribution >= 4 is 6.08 Å². The molecular formula is C9H6F3. The normalized spacial score (nSPS) is 11.2. The summed E-state index contributed by atoms with van der Waals surface area (Å²) in [5.41, 5.74) is -0.697. The minimum absolute atomic E-state index is 0.00463. The monoisotopic (exact) mass is 171 g/mol. The molecule has 0 aliphatic rings. The molecule has 0 aliphatic carbocycles. The van der Waals surface area contributed by atoms with Gasteiger partial charge in [-0.3, -0.25) is 0 Å². The number of hydrogen-bond donors (Lipinski definition) is 0. The Balaban J connectivity index is 3.23. The predicted octanol–water partition coefficient (Wildman–Crippen LogP) is 3.15. The maximum atomic E-state index is 12.2. The van der Waals surface area contributed by atoms with Crippen molar-refractivity contribution in [3.8, 4) is 0 Å². The Bertz CT molecular complexity index is 286. The van der Waals surface area contributed by atoms with E-state index in [1.54, 1.807) is 0 Å². The van der Waals surface area contributed by atoms with Gasteiger partial charge in [0.15, 0.2) is 0 Å². The molecule has 0 saturated carbocycles. The standard InChI is InChI=1S/C9H6F3/c1-2-7-5-3-4-6-8(7)9(10,11)12/h1-6H. The molecule has 0 atom stereocenters. The zero-order chi connectivity index (χ0) is 9.19. The SMILES string of the molecule is [CH]=Cc1ccccc1C(F)(F)F. The molecule has 0 fully saturated rings. The highest BCUT2D eigenvalue weighted by Crippen LogP contribution is 2.31. The first-order chi connectivity index (χ1) is 5.55. The number of alkyl halides is 3. The van der Waals surface area contributed by atoms with E-state index in [9.17, 15) is 13.2 Å². The highest BCUT2D eigenvalue weighted by Gasteiger charge is 2.31. The Kier molecular flexibility index (Phi) is 2.22. The third kappa shape index (κ3) is 1.67. The third-order valence-electron chi connectivity index (χ3n) is 1.45. The average molecular weight is 171 g/mol. The molecule has 63 valence electrons. The first-order valence-corrected chi connectivity index (χ1v) is 3.27. The van der Waals surface area contributed by atoms with Gasteiger partial charge in [0.2, 0.25) is 0 Å². The van der Waals surface area contributed by atoms with Gasteiger partial charge in [0.25, 0.3) is 0 Å². The highest BCUT2D eigenvalue weighted by atomic mass is 19.4. The van der Waals surface area contributed by atoms with Crippen LogP contribution in [0.2, 0.25) is 0 Å². The van der Waals surface area contributed by atoms with Crippen molar-refractivity contribution in [1.82, 2.24) is 0 Å². The molecular weight excluding hydrogens is 165 g/mol. The fourth-order valence-corrected chi connectivity index (χ4v) is 0.900. The summed E-state index contributed by atoms with van der Waals surface area (Å²) >= 11 is 0. The van der Waals surface area contributed by atoms with Gasteiger partial charge < -0.3 is 0 Å². The zero-order valence-corrected chi connectivity index (χ0v) is 6.10. The lowest BCUT2D eigenvalue weighted by atomic mass is 10.1. The Hall–Kier alpha value is -1.25. The van der Waals surface area contributed by atoms with Crippen molar-refractivity contribution in [3.63, 3.8) is 0 Å². The van der Waals surface area contributed by atoms with E-state index >= 15 is 0 Å². The van der Waals surface area contributed by atoms with Gasteiger partial charge in [-0.05, 0) is 11.6 Å². The van der Waals surface area contributed by atoms with Crippen LogP contribution in [-0.2, 0) is 6.18 Å². The van der Waals surface area contributed by atoms with Crippen molar-refractivity contribution in [3.05, 3.63) is 42.0 Å². The summed E-state index contributed by atoms with van der Waals surface area (Å²) in [4.78, 5) is 0. The third-order valence-corrected chi connectivity index (χ3v) is 1.45. The molecule has 0 aromatic heterocycles. The fraction of sp³-hybridized carbons (Fsp3) is 0.111. The van der Waals surface area contributed by atoms with E-state index in [1.807, 2.05) is 0 Å². The van der Waals surface area contributed by atoms with Gasteiger partial charge in [0.1, 0.15) is 0 Å². The molecule has 0 unspecified atom stereocenters. The minimum atomic E-state index is -4.33. The summed E-state index contributed by atoms with van der Waals surface area (Å²) in [6.07, 6.45) is -3.38. The molecule has 0 amide bonds. The summed E-state index contributed by atoms with van der Waals surface area (Å²) in [6, 6.07) is 5.16. The molecule has 0 bridgehead atoms. The van der Waals surface area contributed by atoms with Crippen molar-refractivity contribution in [2.75, 3.05) is 0 Å². The average Bonchev–Trinajstić information content (AvgIpc) is 2.03. The molecule has 0 heterocycles. The molecule has 0 spiro atoms. The maximum absolute atomic E-state index is 12.2. The molecule has 1 aromatic rings. The molecule has 1 aromatic carbocycles. The first-order valence-electron chi connectivity index (χ1n) is 3.27. The Morgan fingerprint density at radius 2 is 1.75 bits per heavy atom. The van der Waals surface area contributed by atoms with Crippen molar-refractivity contribution in [1.29, 1.82) is 0 Å². The van der Waals surface area contributed by atoms with E-state index < -0.39 is 11.7 Å². The molecule has 0 aliphatic heterocycles. The summed E-state index contributed by atoms with van der Waals surface area (Å²) in [5, 5.41) is 0. The van der Waals surface area contributed by atoms with Crippen LogP contribution in [0.4, 0.5) is 13.2 Å². The van der Waals surface area contributed by atoms with Crippen LogP contribution in [0.1, 0.15) is 11.1 Å². The summed E-state index contributed by atoms with van der Waals surface area (Å²) in [6.45, 7) is 5.02. The van der Waals surface area contributed by atoms with E-state index in [0.29, 0.717) is 0 Å². The number of benzene rings is 1. The second-order valence-corrected chi connectivity index (χ2v) is 2.25. The van der Waals surface area contributed by atoms with E-state index in [2.05, 4.69) is 0 Å². The van der Waals surface area contributed by atoms with Crippen LogP contribution in [0.25, 0.3) is 6.08 Å². The van der Waals surface area contributed by atoms with E-state index in [4.69, 9.17) is 6.58 Å². The van der Waals surface area contributed by atoms with Crippen molar-refractivity contribution in [2.45, 2.75) is 6.18 Å². The van der Waals surface area contributed by atoms with E-state index in [0.717, 1.165) is 12.1 Å². The lowest BCUT2D eigenvalue weighted by Gasteiger charge is -2.08. The fourth-order valence-electron chi connectivity index (χ4n) is 0.900. The van der Waals surface area contributed by atoms with Gasteiger partial charge in [-0.2, -0.15) is 13.2 Å². The minimum Gasteiger partial charge on any atom is -0.166 e. The lowest BCUT2D eigenvalue weighted by molar-refractivity contribution is -0.137. The molecule has 0 N–H and O–H groups in total. The Morgan fingerprint density at radius 3 is 2.17 bits per heavy atom. The molecule has 1 rings (SSSR count).